The lowest BCUT2D eigenvalue weighted by atomic mass is 10.3. The summed E-state index contributed by atoms with van der Waals surface area (Å²) in [6.07, 6.45) is -1.98. The first kappa shape index (κ1) is 16.0. The van der Waals surface area contributed by atoms with Crippen LogP contribution in [0.5, 0.6) is 0 Å². The van der Waals surface area contributed by atoms with Gasteiger partial charge in [0.05, 0.1) is 0 Å². The molecule has 0 amide bonds. The van der Waals surface area contributed by atoms with Crippen LogP contribution in [0.4, 0.5) is 4.39 Å². The molecule has 6 nitrogen and oxygen atoms in total. The van der Waals surface area contributed by atoms with Crippen LogP contribution in [0.3, 0.4) is 0 Å². The molecule has 19 heavy (non-hydrogen) atoms. The van der Waals surface area contributed by atoms with Crippen molar-refractivity contribution in [3.8, 4) is 0 Å². The average molecular weight is 356 g/mol. The van der Waals surface area contributed by atoms with Gasteiger partial charge in [-0.25, -0.2) is 22.3 Å². The lowest BCUT2D eigenvalue weighted by molar-refractivity contribution is -0.146. The summed E-state index contributed by atoms with van der Waals surface area (Å²) < 4.78 is 39.3. The molecule has 1 atom stereocenters. The highest BCUT2D eigenvalue weighted by molar-refractivity contribution is 9.10. The minimum atomic E-state index is -4.08. The van der Waals surface area contributed by atoms with Gasteiger partial charge in [0.15, 0.2) is 6.10 Å². The molecular weight excluding hydrogens is 345 g/mol. The van der Waals surface area contributed by atoms with Gasteiger partial charge < -0.3 is 10.2 Å². The number of rotatable bonds is 6. The molecule has 9 heteroatoms. The largest absolute Gasteiger partial charge is 0.479 e. The molecule has 0 heterocycles. The Morgan fingerprint density at radius 1 is 1.47 bits per heavy atom. The molecule has 1 aromatic rings. The summed E-state index contributed by atoms with van der Waals surface area (Å²) in [4.78, 5) is 9.78. The van der Waals surface area contributed by atoms with Crippen molar-refractivity contribution < 1.29 is 27.8 Å². The first-order chi connectivity index (χ1) is 8.74. The van der Waals surface area contributed by atoms with Crippen LogP contribution in [0.25, 0.3) is 0 Å². The summed E-state index contributed by atoms with van der Waals surface area (Å²) in [6.45, 7) is -0.314. The number of aliphatic hydroxyl groups is 1. The molecule has 0 fully saturated rings. The van der Waals surface area contributed by atoms with Gasteiger partial charge in [0.1, 0.15) is 10.7 Å². The Bertz CT molecular complexity index is 577. The fourth-order valence-corrected chi connectivity index (χ4v) is 2.66. The maximum Gasteiger partial charge on any atom is 0.332 e. The molecule has 1 rings (SSSR count). The molecule has 106 valence electrons. The minimum absolute atomic E-state index is 0.313. The van der Waals surface area contributed by atoms with Crippen LogP contribution >= 0.6 is 15.9 Å². The second kappa shape index (κ2) is 6.42. The first-order valence-corrected chi connectivity index (χ1v) is 7.37. The van der Waals surface area contributed by atoms with E-state index in [1.54, 1.807) is 0 Å². The van der Waals surface area contributed by atoms with Crippen LogP contribution in [-0.4, -0.2) is 37.2 Å². The molecule has 0 aliphatic rings. The molecule has 0 radical (unpaired) electrons. The first-order valence-electron chi connectivity index (χ1n) is 5.09. The number of aliphatic hydroxyl groups excluding tert-OH is 1. The molecule has 1 aromatic carbocycles. The van der Waals surface area contributed by atoms with Gasteiger partial charge in [0.2, 0.25) is 10.0 Å². The van der Waals surface area contributed by atoms with E-state index in [1.807, 2.05) is 4.72 Å². The maximum atomic E-state index is 13.5. The van der Waals surface area contributed by atoms with Gasteiger partial charge in [-0.05, 0) is 24.6 Å². The average Bonchev–Trinajstić information content (AvgIpc) is 2.27. The van der Waals surface area contributed by atoms with Gasteiger partial charge >= 0.3 is 5.97 Å². The Morgan fingerprint density at radius 2 is 2.11 bits per heavy atom. The van der Waals surface area contributed by atoms with Crippen LogP contribution in [0.2, 0.25) is 0 Å². The second-order valence-corrected chi connectivity index (χ2v) is 6.27. The van der Waals surface area contributed by atoms with E-state index >= 15 is 0 Å². The lowest BCUT2D eigenvalue weighted by Crippen LogP contribution is -2.30. The molecule has 0 saturated heterocycles. The molecule has 0 aliphatic heterocycles. The quantitative estimate of drug-likeness (QED) is 0.696. The van der Waals surface area contributed by atoms with Crippen LogP contribution < -0.4 is 4.72 Å². The minimum Gasteiger partial charge on any atom is -0.479 e. The van der Waals surface area contributed by atoms with Crippen LogP contribution in [0, 0.1) is 5.82 Å². The normalized spacial score (nSPS) is 13.2. The van der Waals surface area contributed by atoms with Crippen molar-refractivity contribution >= 4 is 31.9 Å². The zero-order chi connectivity index (χ0) is 14.6. The van der Waals surface area contributed by atoms with Crippen molar-refractivity contribution in [3.05, 3.63) is 28.5 Å². The predicted octanol–water partition coefficient (Wildman–Crippen LogP) is 0.702. The van der Waals surface area contributed by atoms with E-state index in [-0.39, 0.29) is 13.0 Å². The SMILES string of the molecule is O=C(O)C(O)CCNS(=O)(=O)c1ccc(Br)cc1F. The number of halogens is 2. The van der Waals surface area contributed by atoms with E-state index in [1.165, 1.54) is 6.07 Å². The highest BCUT2D eigenvalue weighted by atomic mass is 79.9. The fraction of sp³-hybridized carbons (Fsp3) is 0.300. The van der Waals surface area contributed by atoms with Crippen molar-refractivity contribution in [1.82, 2.24) is 4.72 Å². The molecule has 3 N–H and O–H groups in total. The summed E-state index contributed by atoms with van der Waals surface area (Å²) in [7, 11) is -4.08. The van der Waals surface area contributed by atoms with Gasteiger partial charge in [0, 0.05) is 11.0 Å². The van der Waals surface area contributed by atoms with E-state index in [0.717, 1.165) is 12.1 Å². The highest BCUT2D eigenvalue weighted by Gasteiger charge is 2.20. The van der Waals surface area contributed by atoms with Crippen molar-refractivity contribution in [2.75, 3.05) is 6.54 Å². The zero-order valence-electron chi connectivity index (χ0n) is 9.51. The Kier molecular flexibility index (Phi) is 5.41. The number of benzene rings is 1. The van der Waals surface area contributed by atoms with Crippen molar-refractivity contribution in [2.45, 2.75) is 17.4 Å². The summed E-state index contributed by atoms with van der Waals surface area (Å²) in [5.41, 5.74) is 0. The van der Waals surface area contributed by atoms with E-state index in [2.05, 4.69) is 15.9 Å². The predicted molar refractivity (Wildman–Crippen MR) is 67.5 cm³/mol. The molecule has 0 aromatic heterocycles. The molecular formula is C10H11BrFNO5S. The Labute approximate surface area is 117 Å². The molecule has 0 saturated carbocycles. The van der Waals surface area contributed by atoms with E-state index in [9.17, 15) is 17.6 Å². The third kappa shape index (κ3) is 4.53. The summed E-state index contributed by atoms with van der Waals surface area (Å²) in [6, 6.07) is 3.44. The summed E-state index contributed by atoms with van der Waals surface area (Å²) in [5.74, 6) is -2.38. The molecule has 0 aliphatic carbocycles. The smallest absolute Gasteiger partial charge is 0.332 e. The number of nitrogens with one attached hydrogen (secondary N) is 1. The van der Waals surface area contributed by atoms with Crippen molar-refractivity contribution in [3.63, 3.8) is 0 Å². The van der Waals surface area contributed by atoms with E-state index in [4.69, 9.17) is 10.2 Å². The van der Waals surface area contributed by atoms with Gasteiger partial charge in [-0.3, -0.25) is 0 Å². The number of carboxylic acids is 1. The Morgan fingerprint density at radius 3 is 2.63 bits per heavy atom. The van der Waals surface area contributed by atoms with Gasteiger partial charge in [0.25, 0.3) is 0 Å². The van der Waals surface area contributed by atoms with E-state index in [0.29, 0.717) is 4.47 Å². The number of carbonyl (C=O) groups is 1. The number of sulfonamides is 1. The summed E-state index contributed by atoms with van der Waals surface area (Å²) >= 11 is 3.00. The number of aliphatic carboxylic acids is 1. The van der Waals surface area contributed by atoms with Gasteiger partial charge in [-0.15, -0.1) is 0 Å². The third-order valence-corrected chi connectivity index (χ3v) is 4.17. The second-order valence-electron chi connectivity index (χ2n) is 3.62. The fourth-order valence-electron chi connectivity index (χ4n) is 1.22. The molecule has 0 bridgehead atoms. The zero-order valence-corrected chi connectivity index (χ0v) is 11.9. The maximum absolute atomic E-state index is 13.5. The molecule has 0 spiro atoms. The van der Waals surface area contributed by atoms with Crippen LogP contribution in [0.15, 0.2) is 27.6 Å². The molecule has 1 unspecified atom stereocenters. The van der Waals surface area contributed by atoms with E-state index < -0.39 is 32.8 Å². The topological polar surface area (TPSA) is 104 Å². The van der Waals surface area contributed by atoms with Crippen LogP contribution in [0.1, 0.15) is 6.42 Å². The lowest BCUT2D eigenvalue weighted by Gasteiger charge is -2.09. The van der Waals surface area contributed by atoms with Crippen molar-refractivity contribution in [2.24, 2.45) is 0 Å². The number of hydrogen-bond donors (Lipinski definition) is 3. The monoisotopic (exact) mass is 355 g/mol. The van der Waals surface area contributed by atoms with Crippen molar-refractivity contribution in [1.29, 1.82) is 0 Å². The van der Waals surface area contributed by atoms with Gasteiger partial charge in [-0.2, -0.15) is 0 Å². The van der Waals surface area contributed by atoms with Gasteiger partial charge in [-0.1, -0.05) is 15.9 Å². The third-order valence-electron chi connectivity index (χ3n) is 2.18. The Hall–Kier alpha value is -1.03. The number of carboxylic acid groups (broad SMARTS) is 1. The highest BCUT2D eigenvalue weighted by Crippen LogP contribution is 2.19. The number of hydrogen-bond acceptors (Lipinski definition) is 4. The Balaban J connectivity index is 2.74. The van der Waals surface area contributed by atoms with Crippen LogP contribution in [-0.2, 0) is 14.8 Å². The summed E-state index contributed by atoms with van der Waals surface area (Å²) in [5, 5.41) is 17.4. The standard InChI is InChI=1S/C10H11BrFNO5S/c11-6-1-2-9(7(12)5-6)19(17,18)13-4-3-8(14)10(15)16/h1-2,5,8,13-14H,3-4H2,(H,15,16).